The van der Waals surface area contributed by atoms with E-state index in [1.165, 1.54) is 11.1 Å². The van der Waals surface area contributed by atoms with Gasteiger partial charge in [-0.3, -0.25) is 0 Å². The molecular formula is C15H23ClO. The average Bonchev–Trinajstić information content (AvgIpc) is 2.30. The molecular weight excluding hydrogens is 232 g/mol. The molecule has 0 saturated carbocycles. The Morgan fingerprint density at radius 2 is 1.94 bits per heavy atom. The van der Waals surface area contributed by atoms with E-state index in [1.807, 2.05) is 0 Å². The summed E-state index contributed by atoms with van der Waals surface area (Å²) < 4.78 is 5.83. The average molecular weight is 255 g/mol. The Kier molecular flexibility index (Phi) is 6.43. The minimum atomic E-state index is 0.550. The van der Waals surface area contributed by atoms with Crippen molar-refractivity contribution in [2.75, 3.05) is 12.5 Å². The van der Waals surface area contributed by atoms with Crippen LogP contribution in [-0.4, -0.2) is 12.5 Å². The lowest BCUT2D eigenvalue weighted by Gasteiger charge is -2.12. The van der Waals surface area contributed by atoms with Gasteiger partial charge in [-0.2, -0.15) is 0 Å². The van der Waals surface area contributed by atoms with Crippen LogP contribution in [0.1, 0.15) is 50.2 Å². The number of rotatable bonds is 7. The molecule has 0 heterocycles. The SMILES string of the molecule is Cc1ccc(C(C)C)cc1OCCCCCCl. The summed E-state index contributed by atoms with van der Waals surface area (Å²) in [5.41, 5.74) is 2.55. The van der Waals surface area contributed by atoms with Gasteiger partial charge >= 0.3 is 0 Å². The molecule has 0 bridgehead atoms. The highest BCUT2D eigenvalue weighted by Gasteiger charge is 2.04. The zero-order valence-electron chi connectivity index (χ0n) is 11.1. The summed E-state index contributed by atoms with van der Waals surface area (Å²) in [6.45, 7) is 7.29. The van der Waals surface area contributed by atoms with Crippen LogP contribution in [0.25, 0.3) is 0 Å². The Bertz CT molecular complexity index is 334. The summed E-state index contributed by atoms with van der Waals surface area (Å²) in [4.78, 5) is 0. The van der Waals surface area contributed by atoms with E-state index in [4.69, 9.17) is 16.3 Å². The maximum absolute atomic E-state index is 5.83. The van der Waals surface area contributed by atoms with Gasteiger partial charge in [-0.1, -0.05) is 26.0 Å². The van der Waals surface area contributed by atoms with E-state index in [1.54, 1.807) is 0 Å². The molecule has 0 spiro atoms. The van der Waals surface area contributed by atoms with Gasteiger partial charge in [-0.15, -0.1) is 11.6 Å². The number of benzene rings is 1. The van der Waals surface area contributed by atoms with Crippen molar-refractivity contribution in [1.82, 2.24) is 0 Å². The number of hydrogen-bond acceptors (Lipinski definition) is 1. The monoisotopic (exact) mass is 254 g/mol. The molecule has 17 heavy (non-hydrogen) atoms. The summed E-state index contributed by atoms with van der Waals surface area (Å²) in [6.07, 6.45) is 3.31. The maximum Gasteiger partial charge on any atom is 0.122 e. The van der Waals surface area contributed by atoms with Crippen LogP contribution >= 0.6 is 11.6 Å². The van der Waals surface area contributed by atoms with Crippen LogP contribution in [0.15, 0.2) is 18.2 Å². The van der Waals surface area contributed by atoms with Crippen molar-refractivity contribution in [2.45, 2.75) is 46.0 Å². The smallest absolute Gasteiger partial charge is 0.122 e. The Labute approximate surface area is 110 Å². The molecule has 1 aromatic carbocycles. The second-order valence-electron chi connectivity index (χ2n) is 4.78. The van der Waals surface area contributed by atoms with Crippen LogP contribution in [0.3, 0.4) is 0 Å². The molecule has 1 aromatic rings. The maximum atomic E-state index is 5.83. The molecule has 96 valence electrons. The molecule has 1 nitrogen and oxygen atoms in total. The molecule has 0 fully saturated rings. The van der Waals surface area contributed by atoms with Crippen LogP contribution in [0.5, 0.6) is 5.75 Å². The molecule has 1 rings (SSSR count). The van der Waals surface area contributed by atoms with Crippen LogP contribution in [0.2, 0.25) is 0 Å². The summed E-state index contributed by atoms with van der Waals surface area (Å²) >= 11 is 5.64. The van der Waals surface area contributed by atoms with Gasteiger partial charge in [0, 0.05) is 5.88 Å². The molecule has 0 unspecified atom stereocenters. The largest absolute Gasteiger partial charge is 0.493 e. The molecule has 0 aliphatic rings. The fourth-order valence-corrected chi connectivity index (χ4v) is 1.88. The third-order valence-corrected chi connectivity index (χ3v) is 3.18. The van der Waals surface area contributed by atoms with Gasteiger partial charge in [0.05, 0.1) is 6.61 Å². The number of hydrogen-bond donors (Lipinski definition) is 0. The number of halogens is 1. The highest BCUT2D eigenvalue weighted by Crippen LogP contribution is 2.24. The minimum absolute atomic E-state index is 0.550. The highest BCUT2D eigenvalue weighted by atomic mass is 35.5. The van der Waals surface area contributed by atoms with Crippen molar-refractivity contribution in [3.63, 3.8) is 0 Å². The zero-order chi connectivity index (χ0) is 12.7. The van der Waals surface area contributed by atoms with Crippen molar-refractivity contribution >= 4 is 11.6 Å². The van der Waals surface area contributed by atoms with E-state index in [-0.39, 0.29) is 0 Å². The van der Waals surface area contributed by atoms with Crippen LogP contribution in [-0.2, 0) is 0 Å². The second-order valence-corrected chi connectivity index (χ2v) is 5.16. The van der Waals surface area contributed by atoms with Gasteiger partial charge in [0.2, 0.25) is 0 Å². The number of unbranched alkanes of at least 4 members (excludes halogenated alkanes) is 2. The predicted octanol–water partition coefficient (Wildman–Crippen LogP) is 4.91. The van der Waals surface area contributed by atoms with Gasteiger partial charge in [-0.25, -0.2) is 0 Å². The molecule has 0 N–H and O–H groups in total. The van der Waals surface area contributed by atoms with Gasteiger partial charge in [0.1, 0.15) is 5.75 Å². The van der Waals surface area contributed by atoms with Gasteiger partial charge in [-0.05, 0) is 49.3 Å². The molecule has 0 amide bonds. The van der Waals surface area contributed by atoms with Crippen molar-refractivity contribution in [3.05, 3.63) is 29.3 Å². The molecule has 0 atom stereocenters. The van der Waals surface area contributed by atoms with E-state index >= 15 is 0 Å². The summed E-state index contributed by atoms with van der Waals surface area (Å²) in [5.74, 6) is 2.33. The van der Waals surface area contributed by atoms with E-state index in [0.29, 0.717) is 5.92 Å². The number of alkyl halides is 1. The van der Waals surface area contributed by atoms with Gasteiger partial charge in [0.25, 0.3) is 0 Å². The predicted molar refractivity (Wildman–Crippen MR) is 75.3 cm³/mol. The number of aryl methyl sites for hydroxylation is 1. The minimum Gasteiger partial charge on any atom is -0.493 e. The Morgan fingerprint density at radius 3 is 2.59 bits per heavy atom. The van der Waals surface area contributed by atoms with Crippen LogP contribution < -0.4 is 4.74 Å². The Morgan fingerprint density at radius 1 is 1.18 bits per heavy atom. The van der Waals surface area contributed by atoms with Crippen molar-refractivity contribution < 1.29 is 4.74 Å². The summed E-state index contributed by atoms with van der Waals surface area (Å²) in [7, 11) is 0. The Balaban J connectivity index is 2.49. The lowest BCUT2D eigenvalue weighted by Crippen LogP contribution is -2.00. The zero-order valence-corrected chi connectivity index (χ0v) is 11.9. The van der Waals surface area contributed by atoms with E-state index in [0.717, 1.165) is 37.5 Å². The molecule has 0 aromatic heterocycles. The van der Waals surface area contributed by atoms with E-state index < -0.39 is 0 Å². The third kappa shape index (κ3) is 4.99. The summed E-state index contributed by atoms with van der Waals surface area (Å²) in [6, 6.07) is 6.49. The van der Waals surface area contributed by atoms with E-state index in [2.05, 4.69) is 39.0 Å². The van der Waals surface area contributed by atoms with E-state index in [9.17, 15) is 0 Å². The topological polar surface area (TPSA) is 9.23 Å². The Hall–Kier alpha value is -0.690. The first-order chi connectivity index (χ1) is 8.15. The van der Waals surface area contributed by atoms with Crippen LogP contribution in [0.4, 0.5) is 0 Å². The van der Waals surface area contributed by atoms with Crippen molar-refractivity contribution in [2.24, 2.45) is 0 Å². The van der Waals surface area contributed by atoms with Crippen LogP contribution in [0, 0.1) is 6.92 Å². The fraction of sp³-hybridized carbons (Fsp3) is 0.600. The van der Waals surface area contributed by atoms with Crippen molar-refractivity contribution in [1.29, 1.82) is 0 Å². The standard InChI is InChI=1S/C15H23ClO/c1-12(2)14-8-7-13(3)15(11-14)17-10-6-4-5-9-16/h7-8,11-12H,4-6,9-10H2,1-3H3. The fourth-order valence-electron chi connectivity index (χ4n) is 1.69. The second kappa shape index (κ2) is 7.60. The molecule has 2 heteroatoms. The molecule has 0 radical (unpaired) electrons. The first-order valence-corrected chi connectivity index (χ1v) is 6.98. The van der Waals surface area contributed by atoms with Gasteiger partial charge in [0.15, 0.2) is 0 Å². The lowest BCUT2D eigenvalue weighted by atomic mass is 10.0. The third-order valence-electron chi connectivity index (χ3n) is 2.91. The first-order valence-electron chi connectivity index (χ1n) is 6.44. The highest BCUT2D eigenvalue weighted by molar-refractivity contribution is 6.17. The lowest BCUT2D eigenvalue weighted by molar-refractivity contribution is 0.304. The number of ether oxygens (including phenoxy) is 1. The quantitative estimate of drug-likeness (QED) is 0.496. The van der Waals surface area contributed by atoms with Crippen molar-refractivity contribution in [3.8, 4) is 5.75 Å². The normalized spacial score (nSPS) is 10.9. The molecule has 0 aliphatic heterocycles. The molecule has 0 saturated heterocycles. The molecule has 0 aliphatic carbocycles. The first kappa shape index (κ1) is 14.4. The summed E-state index contributed by atoms with van der Waals surface area (Å²) in [5, 5.41) is 0. The van der Waals surface area contributed by atoms with Gasteiger partial charge < -0.3 is 4.74 Å².